The van der Waals surface area contributed by atoms with Gasteiger partial charge in [-0.3, -0.25) is 4.79 Å². The van der Waals surface area contributed by atoms with E-state index in [1.54, 1.807) is 13.2 Å². The van der Waals surface area contributed by atoms with Gasteiger partial charge in [0.1, 0.15) is 5.76 Å². The minimum atomic E-state index is -0.395. The van der Waals surface area contributed by atoms with Gasteiger partial charge in [0.15, 0.2) is 0 Å². The zero-order valence-corrected chi connectivity index (χ0v) is 13.3. The predicted molar refractivity (Wildman–Crippen MR) is 88.0 cm³/mol. The Hall–Kier alpha value is -2.07. The maximum Gasteiger partial charge on any atom is 0.223 e. The number of aliphatic hydroxyl groups excluding tert-OH is 1. The number of amides is 1. The molecule has 0 radical (unpaired) electrons. The molecule has 0 spiro atoms. The Morgan fingerprint density at radius 3 is 2.74 bits per heavy atom. The van der Waals surface area contributed by atoms with Gasteiger partial charge in [-0.2, -0.15) is 0 Å². The van der Waals surface area contributed by atoms with Crippen molar-refractivity contribution in [1.82, 2.24) is 5.32 Å². The lowest BCUT2D eigenvalue weighted by molar-refractivity contribution is -0.122. The van der Waals surface area contributed by atoms with E-state index in [1.807, 2.05) is 42.5 Å². The highest BCUT2D eigenvalue weighted by atomic mass is 16.3. The van der Waals surface area contributed by atoms with E-state index in [4.69, 9.17) is 4.42 Å². The fourth-order valence-electron chi connectivity index (χ4n) is 3.13. The van der Waals surface area contributed by atoms with Crippen LogP contribution in [0.5, 0.6) is 0 Å². The van der Waals surface area contributed by atoms with Crippen molar-refractivity contribution < 1.29 is 14.3 Å². The summed E-state index contributed by atoms with van der Waals surface area (Å²) in [5.41, 5.74) is 1.15. The first-order valence-corrected chi connectivity index (χ1v) is 8.19. The van der Waals surface area contributed by atoms with E-state index in [-0.39, 0.29) is 23.7 Å². The van der Waals surface area contributed by atoms with Crippen LogP contribution in [-0.2, 0) is 4.79 Å². The molecule has 4 unspecified atom stereocenters. The van der Waals surface area contributed by atoms with Crippen LogP contribution in [0.15, 0.2) is 53.1 Å². The van der Waals surface area contributed by atoms with E-state index < -0.39 is 6.10 Å². The summed E-state index contributed by atoms with van der Waals surface area (Å²) in [6.07, 6.45) is 2.74. The maximum atomic E-state index is 12.3. The molecule has 1 aromatic heterocycles. The standard InChI is InChI=1S/C19H23NO3/c1-13(21)10-15(14-6-3-2-4-7-14)12-20-19(22)17-11-16(17)18-8-5-9-23-18/h2-9,13,15-17,21H,10-12H2,1H3,(H,20,22). The predicted octanol–water partition coefficient (Wildman–Crippen LogP) is 3.05. The van der Waals surface area contributed by atoms with Crippen LogP contribution in [-0.4, -0.2) is 23.7 Å². The molecule has 3 rings (SSSR count). The number of nitrogens with one attached hydrogen (secondary N) is 1. The molecule has 122 valence electrons. The lowest BCUT2D eigenvalue weighted by Gasteiger charge is -2.19. The van der Waals surface area contributed by atoms with Crippen LogP contribution in [0.2, 0.25) is 0 Å². The number of carbonyl (C=O) groups excluding carboxylic acids is 1. The van der Waals surface area contributed by atoms with Crippen molar-refractivity contribution in [1.29, 1.82) is 0 Å². The zero-order valence-electron chi connectivity index (χ0n) is 13.3. The molecular weight excluding hydrogens is 290 g/mol. The molecule has 1 aliphatic carbocycles. The number of carbonyl (C=O) groups is 1. The monoisotopic (exact) mass is 313 g/mol. The average Bonchev–Trinajstić information content (AvgIpc) is 3.17. The van der Waals surface area contributed by atoms with Crippen LogP contribution < -0.4 is 5.32 Å². The van der Waals surface area contributed by atoms with E-state index in [0.717, 1.165) is 17.7 Å². The summed E-state index contributed by atoms with van der Waals surface area (Å²) in [6, 6.07) is 13.8. The van der Waals surface area contributed by atoms with Gasteiger partial charge >= 0.3 is 0 Å². The first-order valence-electron chi connectivity index (χ1n) is 8.19. The second-order valence-corrected chi connectivity index (χ2v) is 6.40. The van der Waals surface area contributed by atoms with E-state index >= 15 is 0 Å². The van der Waals surface area contributed by atoms with Crippen molar-refractivity contribution in [2.45, 2.75) is 37.7 Å². The van der Waals surface area contributed by atoms with Crippen molar-refractivity contribution in [3.63, 3.8) is 0 Å². The Morgan fingerprint density at radius 1 is 1.30 bits per heavy atom. The third-order valence-corrected chi connectivity index (χ3v) is 4.46. The van der Waals surface area contributed by atoms with Crippen LogP contribution in [0.1, 0.15) is 42.9 Å². The second-order valence-electron chi connectivity index (χ2n) is 6.40. The van der Waals surface area contributed by atoms with Gasteiger partial charge in [-0.05, 0) is 37.5 Å². The minimum Gasteiger partial charge on any atom is -0.469 e. The van der Waals surface area contributed by atoms with Crippen molar-refractivity contribution in [2.75, 3.05) is 6.54 Å². The van der Waals surface area contributed by atoms with Gasteiger partial charge in [0.05, 0.1) is 12.4 Å². The van der Waals surface area contributed by atoms with Crippen molar-refractivity contribution in [2.24, 2.45) is 5.92 Å². The molecule has 4 atom stereocenters. The van der Waals surface area contributed by atoms with Crippen LogP contribution in [0, 0.1) is 5.92 Å². The van der Waals surface area contributed by atoms with Crippen molar-refractivity contribution >= 4 is 5.91 Å². The lowest BCUT2D eigenvalue weighted by atomic mass is 9.93. The zero-order chi connectivity index (χ0) is 16.2. The highest BCUT2D eigenvalue weighted by molar-refractivity contribution is 5.82. The Balaban J connectivity index is 1.56. The maximum absolute atomic E-state index is 12.3. The summed E-state index contributed by atoms with van der Waals surface area (Å²) in [7, 11) is 0. The first-order chi connectivity index (χ1) is 11.1. The molecule has 0 bridgehead atoms. The van der Waals surface area contributed by atoms with Gasteiger partial charge in [0.2, 0.25) is 5.91 Å². The highest BCUT2D eigenvalue weighted by Gasteiger charge is 2.45. The van der Waals surface area contributed by atoms with Gasteiger partial charge in [-0.25, -0.2) is 0 Å². The van der Waals surface area contributed by atoms with Crippen molar-refractivity contribution in [3.8, 4) is 0 Å². The van der Waals surface area contributed by atoms with Gasteiger partial charge in [-0.15, -0.1) is 0 Å². The summed E-state index contributed by atoms with van der Waals surface area (Å²) in [6.45, 7) is 2.33. The molecule has 2 aromatic rings. The average molecular weight is 313 g/mol. The smallest absolute Gasteiger partial charge is 0.223 e. The Bertz CT molecular complexity index is 621. The minimum absolute atomic E-state index is 0.0177. The van der Waals surface area contributed by atoms with E-state index in [9.17, 15) is 9.90 Å². The number of furan rings is 1. The Kier molecular flexibility index (Phi) is 4.82. The van der Waals surface area contributed by atoms with Gasteiger partial charge < -0.3 is 14.8 Å². The van der Waals surface area contributed by atoms with Gasteiger partial charge in [0.25, 0.3) is 0 Å². The number of hydrogen-bond acceptors (Lipinski definition) is 3. The quantitative estimate of drug-likeness (QED) is 0.826. The molecule has 1 aliphatic rings. The highest BCUT2D eigenvalue weighted by Crippen LogP contribution is 2.47. The van der Waals surface area contributed by atoms with E-state index in [0.29, 0.717) is 13.0 Å². The molecule has 1 heterocycles. The molecule has 1 fully saturated rings. The Morgan fingerprint density at radius 2 is 2.09 bits per heavy atom. The van der Waals surface area contributed by atoms with Crippen LogP contribution in [0.3, 0.4) is 0 Å². The largest absolute Gasteiger partial charge is 0.469 e. The summed E-state index contributed by atoms with van der Waals surface area (Å²) in [5.74, 6) is 1.34. The molecule has 1 amide bonds. The second kappa shape index (κ2) is 7.01. The summed E-state index contributed by atoms with van der Waals surface area (Å²) >= 11 is 0. The number of rotatable bonds is 7. The molecule has 2 N–H and O–H groups in total. The topological polar surface area (TPSA) is 62.5 Å². The third-order valence-electron chi connectivity index (χ3n) is 4.46. The Labute approximate surface area is 136 Å². The van der Waals surface area contributed by atoms with Crippen molar-refractivity contribution in [3.05, 3.63) is 60.1 Å². The normalized spacial score (nSPS) is 22.3. The van der Waals surface area contributed by atoms with E-state index in [1.165, 1.54) is 0 Å². The molecule has 1 saturated carbocycles. The van der Waals surface area contributed by atoms with E-state index in [2.05, 4.69) is 5.32 Å². The van der Waals surface area contributed by atoms with Crippen LogP contribution in [0.25, 0.3) is 0 Å². The molecule has 4 nitrogen and oxygen atoms in total. The molecule has 0 aliphatic heterocycles. The number of aliphatic hydroxyl groups is 1. The lowest BCUT2D eigenvalue weighted by Crippen LogP contribution is -2.31. The summed E-state index contributed by atoms with van der Waals surface area (Å²) < 4.78 is 5.37. The fourth-order valence-corrected chi connectivity index (χ4v) is 3.13. The third kappa shape index (κ3) is 4.02. The van der Waals surface area contributed by atoms with Crippen LogP contribution >= 0.6 is 0 Å². The first kappa shape index (κ1) is 15.8. The van der Waals surface area contributed by atoms with Gasteiger partial charge in [-0.1, -0.05) is 30.3 Å². The number of benzene rings is 1. The molecule has 23 heavy (non-hydrogen) atoms. The molecule has 4 heteroatoms. The molecule has 1 aromatic carbocycles. The molecular formula is C19H23NO3. The number of hydrogen-bond donors (Lipinski definition) is 2. The summed E-state index contributed by atoms with van der Waals surface area (Å²) in [5, 5.41) is 12.8. The van der Waals surface area contributed by atoms with Gasteiger partial charge in [0, 0.05) is 24.3 Å². The molecule has 0 saturated heterocycles. The fraction of sp³-hybridized carbons (Fsp3) is 0.421. The SMILES string of the molecule is CC(O)CC(CNC(=O)C1CC1c1ccco1)c1ccccc1. The van der Waals surface area contributed by atoms with Crippen LogP contribution in [0.4, 0.5) is 0 Å². The summed E-state index contributed by atoms with van der Waals surface area (Å²) in [4.78, 5) is 12.3.